The van der Waals surface area contributed by atoms with E-state index in [-0.39, 0.29) is 17.7 Å². The number of nitrogens with zero attached hydrogens (tertiary/aromatic N) is 4. The Morgan fingerprint density at radius 1 is 1.25 bits per heavy atom. The first-order valence-corrected chi connectivity index (χ1v) is 8.51. The number of anilines is 3. The Morgan fingerprint density at radius 2 is 2.04 bits per heavy atom. The lowest BCUT2D eigenvalue weighted by Crippen LogP contribution is -2.06. The van der Waals surface area contributed by atoms with E-state index in [9.17, 15) is 5.26 Å². The summed E-state index contributed by atoms with van der Waals surface area (Å²) in [7, 11) is 0. The van der Waals surface area contributed by atoms with Crippen molar-refractivity contribution in [3.8, 4) is 6.07 Å². The second-order valence-electron chi connectivity index (χ2n) is 4.67. The van der Waals surface area contributed by atoms with Crippen molar-refractivity contribution in [2.45, 2.75) is 0 Å². The predicted molar refractivity (Wildman–Crippen MR) is 99.5 cm³/mol. The lowest BCUT2D eigenvalue weighted by atomic mass is 10.2. The van der Waals surface area contributed by atoms with E-state index in [0.717, 1.165) is 15.0 Å². The Balaban J connectivity index is 1.95. The van der Waals surface area contributed by atoms with Crippen LogP contribution < -0.4 is 11.1 Å². The van der Waals surface area contributed by atoms with Gasteiger partial charge in [0.05, 0.1) is 5.57 Å². The standard InChI is InChI=1S/C16H11BrN6S/c17-11-7-13(24-9-11)6-10(8-18)14-21-15(19)23-16(22-14)20-12-4-2-1-3-5-12/h1-7,9H,(H3,19,20,21,22,23)/b10-6+. The minimum Gasteiger partial charge on any atom is -0.368 e. The molecular weight excluding hydrogens is 388 g/mol. The summed E-state index contributed by atoms with van der Waals surface area (Å²) in [4.78, 5) is 13.3. The molecule has 8 heteroatoms. The van der Waals surface area contributed by atoms with Gasteiger partial charge >= 0.3 is 0 Å². The average molecular weight is 399 g/mol. The Bertz CT molecular complexity index is 929. The fourth-order valence-electron chi connectivity index (χ4n) is 1.91. The van der Waals surface area contributed by atoms with Gasteiger partial charge in [-0.15, -0.1) is 11.3 Å². The van der Waals surface area contributed by atoms with Crippen LogP contribution in [0.15, 0.2) is 46.3 Å². The van der Waals surface area contributed by atoms with Crippen molar-refractivity contribution in [3.63, 3.8) is 0 Å². The van der Waals surface area contributed by atoms with Gasteiger partial charge in [-0.3, -0.25) is 0 Å². The molecule has 3 rings (SSSR count). The molecule has 0 amide bonds. The zero-order valence-electron chi connectivity index (χ0n) is 12.3. The van der Waals surface area contributed by atoms with Crippen molar-refractivity contribution >= 4 is 56.5 Å². The number of thiophene rings is 1. The van der Waals surface area contributed by atoms with Gasteiger partial charge < -0.3 is 11.1 Å². The molecule has 0 unspecified atom stereocenters. The molecule has 0 saturated heterocycles. The number of rotatable bonds is 4. The number of nitriles is 1. The number of halogens is 1. The molecule has 118 valence electrons. The van der Waals surface area contributed by atoms with Crippen LogP contribution in [0.3, 0.4) is 0 Å². The topological polar surface area (TPSA) is 101 Å². The molecule has 3 N–H and O–H groups in total. The molecule has 0 fully saturated rings. The molecule has 0 spiro atoms. The minimum absolute atomic E-state index is 0.0481. The van der Waals surface area contributed by atoms with E-state index < -0.39 is 0 Å². The highest BCUT2D eigenvalue weighted by molar-refractivity contribution is 9.10. The van der Waals surface area contributed by atoms with Crippen LogP contribution in [0.5, 0.6) is 0 Å². The Kier molecular flexibility index (Phi) is 4.84. The highest BCUT2D eigenvalue weighted by Crippen LogP contribution is 2.24. The van der Waals surface area contributed by atoms with Crippen molar-refractivity contribution in [2.24, 2.45) is 0 Å². The van der Waals surface area contributed by atoms with Gasteiger partial charge in [0, 0.05) is 20.4 Å². The van der Waals surface area contributed by atoms with Crippen molar-refractivity contribution < 1.29 is 0 Å². The molecule has 1 aromatic carbocycles. The van der Waals surface area contributed by atoms with Gasteiger partial charge in [-0.05, 0) is 40.2 Å². The molecule has 3 aromatic rings. The van der Waals surface area contributed by atoms with Crippen molar-refractivity contribution in [1.29, 1.82) is 5.26 Å². The number of para-hydroxylation sites is 1. The average Bonchev–Trinajstić information content (AvgIpc) is 2.98. The summed E-state index contributed by atoms with van der Waals surface area (Å²) in [5, 5.41) is 14.4. The van der Waals surface area contributed by atoms with Crippen molar-refractivity contribution in [2.75, 3.05) is 11.1 Å². The molecule has 2 heterocycles. The Hall–Kier alpha value is -2.76. The summed E-state index contributed by atoms with van der Waals surface area (Å²) in [6.45, 7) is 0. The quantitative estimate of drug-likeness (QED) is 0.641. The number of nitrogen functional groups attached to an aromatic ring is 1. The summed E-state index contributed by atoms with van der Waals surface area (Å²) >= 11 is 4.89. The maximum absolute atomic E-state index is 9.43. The zero-order valence-corrected chi connectivity index (χ0v) is 14.7. The second kappa shape index (κ2) is 7.21. The van der Waals surface area contributed by atoms with Crippen LogP contribution in [0.2, 0.25) is 0 Å². The third-order valence-corrected chi connectivity index (χ3v) is 4.56. The summed E-state index contributed by atoms with van der Waals surface area (Å²) in [5.74, 6) is 0.567. The maximum atomic E-state index is 9.43. The van der Waals surface area contributed by atoms with Crippen LogP contribution in [-0.2, 0) is 0 Å². The third kappa shape index (κ3) is 3.95. The van der Waals surface area contributed by atoms with Crippen LogP contribution in [-0.4, -0.2) is 15.0 Å². The Labute approximate surface area is 150 Å². The first-order chi connectivity index (χ1) is 11.6. The van der Waals surface area contributed by atoms with Crippen molar-refractivity contribution in [1.82, 2.24) is 15.0 Å². The van der Waals surface area contributed by atoms with Crippen LogP contribution in [0, 0.1) is 11.3 Å². The summed E-state index contributed by atoms with van der Waals surface area (Å²) in [6, 6.07) is 13.5. The predicted octanol–water partition coefficient (Wildman–Crippen LogP) is 4.09. The van der Waals surface area contributed by atoms with Gasteiger partial charge in [0.1, 0.15) is 6.07 Å². The van der Waals surface area contributed by atoms with Crippen LogP contribution in [0.1, 0.15) is 10.7 Å². The van der Waals surface area contributed by atoms with Gasteiger partial charge in [0.15, 0.2) is 5.82 Å². The maximum Gasteiger partial charge on any atom is 0.232 e. The molecule has 0 aliphatic carbocycles. The summed E-state index contributed by atoms with van der Waals surface area (Å²) < 4.78 is 0.956. The van der Waals surface area contributed by atoms with E-state index in [4.69, 9.17) is 5.73 Å². The van der Waals surface area contributed by atoms with Gasteiger partial charge in [0.2, 0.25) is 11.9 Å². The monoisotopic (exact) mass is 398 g/mol. The van der Waals surface area contributed by atoms with Gasteiger partial charge in [0.25, 0.3) is 0 Å². The highest BCUT2D eigenvalue weighted by Gasteiger charge is 2.10. The number of nitrogens with one attached hydrogen (secondary N) is 1. The fourth-order valence-corrected chi connectivity index (χ4v) is 3.29. The number of aromatic nitrogens is 3. The highest BCUT2D eigenvalue weighted by atomic mass is 79.9. The molecule has 0 radical (unpaired) electrons. The molecule has 24 heavy (non-hydrogen) atoms. The smallest absolute Gasteiger partial charge is 0.232 e. The molecule has 2 aromatic heterocycles. The minimum atomic E-state index is 0.0481. The molecule has 0 bridgehead atoms. The van der Waals surface area contributed by atoms with Crippen LogP contribution in [0.25, 0.3) is 11.6 Å². The normalized spacial score (nSPS) is 11.1. The van der Waals surface area contributed by atoms with E-state index in [0.29, 0.717) is 5.57 Å². The zero-order chi connectivity index (χ0) is 16.9. The van der Waals surface area contributed by atoms with Gasteiger partial charge in [-0.1, -0.05) is 18.2 Å². The van der Waals surface area contributed by atoms with E-state index in [1.807, 2.05) is 41.8 Å². The molecule has 0 atom stereocenters. The molecule has 6 nitrogen and oxygen atoms in total. The summed E-state index contributed by atoms with van der Waals surface area (Å²) in [5.41, 5.74) is 6.89. The van der Waals surface area contributed by atoms with E-state index in [1.165, 1.54) is 11.3 Å². The molecule has 0 aliphatic rings. The number of hydrogen-bond acceptors (Lipinski definition) is 7. The lowest BCUT2D eigenvalue weighted by Gasteiger charge is -2.06. The number of allylic oxidation sites excluding steroid dienone is 1. The van der Waals surface area contributed by atoms with Gasteiger partial charge in [-0.2, -0.15) is 20.2 Å². The molecule has 0 saturated carbocycles. The Morgan fingerprint density at radius 3 is 2.71 bits per heavy atom. The van der Waals surface area contributed by atoms with Crippen molar-refractivity contribution in [3.05, 3.63) is 57.0 Å². The first kappa shape index (κ1) is 16.1. The molecular formula is C16H11BrN6S. The third-order valence-electron chi connectivity index (χ3n) is 2.92. The number of hydrogen-bond donors (Lipinski definition) is 2. The van der Waals surface area contributed by atoms with E-state index in [1.54, 1.807) is 6.08 Å². The SMILES string of the molecule is N#C/C(=C\c1cc(Br)cs1)c1nc(N)nc(Nc2ccccc2)n1. The largest absolute Gasteiger partial charge is 0.368 e. The second-order valence-corrected chi connectivity index (χ2v) is 6.53. The molecule has 0 aliphatic heterocycles. The van der Waals surface area contributed by atoms with Crippen LogP contribution in [0.4, 0.5) is 17.6 Å². The lowest BCUT2D eigenvalue weighted by molar-refractivity contribution is 1.04. The number of benzene rings is 1. The van der Waals surface area contributed by atoms with Crippen LogP contribution >= 0.6 is 27.3 Å². The van der Waals surface area contributed by atoms with E-state index >= 15 is 0 Å². The number of nitrogens with two attached hydrogens (primary N) is 1. The van der Waals surface area contributed by atoms with E-state index in [2.05, 4.69) is 42.3 Å². The fraction of sp³-hybridized carbons (Fsp3) is 0. The summed E-state index contributed by atoms with van der Waals surface area (Å²) in [6.07, 6.45) is 1.72. The first-order valence-electron chi connectivity index (χ1n) is 6.84. The van der Waals surface area contributed by atoms with Gasteiger partial charge in [-0.25, -0.2) is 0 Å².